The average molecular weight is 613 g/mol. The molecule has 6 nitrogen and oxygen atoms in total. The van der Waals surface area contributed by atoms with Crippen molar-refractivity contribution in [3.63, 3.8) is 0 Å². The zero-order valence-corrected chi connectivity index (χ0v) is 26.9. The smallest absolute Gasteiger partial charge is 0.275 e. The van der Waals surface area contributed by atoms with Gasteiger partial charge in [-0.25, -0.2) is 0 Å². The minimum absolute atomic E-state index is 0.105. The molecule has 0 aromatic heterocycles. The maximum absolute atomic E-state index is 14.5. The van der Waals surface area contributed by atoms with Gasteiger partial charge in [0.25, 0.3) is 11.8 Å². The Labute approximate surface area is 260 Å². The summed E-state index contributed by atoms with van der Waals surface area (Å²) in [6.07, 6.45) is 6.31. The van der Waals surface area contributed by atoms with Crippen LogP contribution in [0.2, 0.25) is 10.0 Å². The zero-order valence-electron chi connectivity index (χ0n) is 25.4. The van der Waals surface area contributed by atoms with Crippen molar-refractivity contribution < 1.29 is 14.4 Å². The monoisotopic (exact) mass is 611 g/mol. The molecule has 2 aromatic rings. The lowest BCUT2D eigenvalue weighted by atomic mass is 9.69. The predicted molar refractivity (Wildman–Crippen MR) is 170 cm³/mol. The van der Waals surface area contributed by atoms with Crippen LogP contribution >= 0.6 is 23.2 Å². The van der Waals surface area contributed by atoms with Crippen molar-refractivity contribution in [3.05, 3.63) is 69.2 Å². The number of hydrogen-bond acceptors (Lipinski definition) is 4. The highest BCUT2D eigenvalue weighted by atomic mass is 35.5. The molecule has 1 unspecified atom stereocenters. The summed E-state index contributed by atoms with van der Waals surface area (Å²) >= 11 is 12.7. The van der Waals surface area contributed by atoms with E-state index in [-0.39, 0.29) is 29.7 Å². The van der Waals surface area contributed by atoms with Gasteiger partial charge < -0.3 is 15.0 Å². The lowest BCUT2D eigenvalue weighted by Gasteiger charge is -2.47. The molecule has 2 aromatic carbocycles. The third kappa shape index (κ3) is 7.26. The summed E-state index contributed by atoms with van der Waals surface area (Å²) in [5.41, 5.74) is 2.07. The van der Waals surface area contributed by atoms with Crippen molar-refractivity contribution in [1.29, 1.82) is 0 Å². The first-order chi connectivity index (χ1) is 19.8. The second-order valence-corrected chi connectivity index (χ2v) is 14.1. The molecule has 1 aliphatic carbocycles. The molecule has 1 spiro atoms. The van der Waals surface area contributed by atoms with Crippen molar-refractivity contribution in [3.8, 4) is 0 Å². The van der Waals surface area contributed by atoms with Crippen molar-refractivity contribution in [2.45, 2.75) is 91.3 Å². The fourth-order valence-corrected chi connectivity index (χ4v) is 6.89. The quantitative estimate of drug-likeness (QED) is 0.218. The molecule has 1 atom stereocenters. The first-order valence-electron chi connectivity index (χ1n) is 15.1. The first-order valence-corrected chi connectivity index (χ1v) is 15.8. The Morgan fingerprint density at radius 1 is 1.07 bits per heavy atom. The van der Waals surface area contributed by atoms with E-state index in [1.807, 2.05) is 17.0 Å². The topological polar surface area (TPSA) is 78.8 Å². The van der Waals surface area contributed by atoms with E-state index in [0.29, 0.717) is 45.3 Å². The number of carbonyl (C=O) groups is 3. The molecular weight excluding hydrogens is 569 g/mol. The van der Waals surface area contributed by atoms with Crippen LogP contribution in [0.15, 0.2) is 47.5 Å². The Morgan fingerprint density at radius 2 is 1.69 bits per heavy atom. The molecule has 1 aliphatic heterocycles. The Bertz CT molecular complexity index is 1300. The van der Waals surface area contributed by atoms with E-state index in [9.17, 15) is 14.4 Å². The van der Waals surface area contributed by atoms with E-state index in [4.69, 9.17) is 28.2 Å². The van der Waals surface area contributed by atoms with E-state index in [2.05, 4.69) is 39.9 Å². The van der Waals surface area contributed by atoms with Crippen LogP contribution in [0.25, 0.3) is 0 Å². The first kappa shape index (κ1) is 32.2. The number of carbonyl (C=O) groups excluding carboxylic acids is 3. The van der Waals surface area contributed by atoms with Gasteiger partial charge in [0.1, 0.15) is 17.7 Å². The molecule has 226 valence electrons. The summed E-state index contributed by atoms with van der Waals surface area (Å²) < 4.78 is 0. The summed E-state index contributed by atoms with van der Waals surface area (Å²) in [5, 5.41) is 3.71. The Balaban J connectivity index is 1.74. The number of nitrogens with one attached hydrogen (secondary N) is 1. The second-order valence-electron chi connectivity index (χ2n) is 13.2. The molecule has 4 rings (SSSR count). The molecule has 0 radical (unpaired) electrons. The molecule has 2 aliphatic rings. The number of benzene rings is 2. The highest BCUT2D eigenvalue weighted by Crippen LogP contribution is 2.50. The van der Waals surface area contributed by atoms with Gasteiger partial charge in [-0.15, -0.1) is 0 Å². The van der Waals surface area contributed by atoms with Gasteiger partial charge in [0.2, 0.25) is 0 Å². The molecule has 42 heavy (non-hydrogen) atoms. The van der Waals surface area contributed by atoms with Crippen molar-refractivity contribution >= 4 is 47.0 Å². The molecule has 2 amide bonds. The van der Waals surface area contributed by atoms with Gasteiger partial charge in [0.15, 0.2) is 0 Å². The van der Waals surface area contributed by atoms with Gasteiger partial charge in [-0.05, 0) is 91.7 Å². The highest BCUT2D eigenvalue weighted by molar-refractivity contribution is 6.47. The molecule has 8 heteroatoms. The lowest BCUT2D eigenvalue weighted by Crippen LogP contribution is -2.51. The molecule has 0 saturated heterocycles. The van der Waals surface area contributed by atoms with Gasteiger partial charge in [-0.2, -0.15) is 0 Å². The number of hydrogen-bond donors (Lipinski definition) is 1. The number of aldehydes is 1. The predicted octanol–water partition coefficient (Wildman–Crippen LogP) is 8.05. The molecule has 1 heterocycles. The number of nitrogens with zero attached hydrogens (tertiary/aromatic N) is 2. The van der Waals surface area contributed by atoms with Crippen LogP contribution in [-0.4, -0.2) is 40.9 Å². The van der Waals surface area contributed by atoms with Gasteiger partial charge in [0, 0.05) is 34.1 Å². The molecule has 1 N–H and O–H groups in total. The minimum atomic E-state index is -0.657. The van der Waals surface area contributed by atoms with E-state index in [1.54, 1.807) is 30.3 Å². The Hall–Kier alpha value is -2.70. The number of aliphatic imine (C=N–C) groups is 1. The SMILES string of the molecule is CC(C)CCC(c1ccc(C(=O)NCCC=O)cc1)N1C(=O)C(c2cc(Cl)cc(Cl)c2)=NC12CCC(C(C)(C)C)CC2. The summed E-state index contributed by atoms with van der Waals surface area (Å²) in [6.45, 7) is 11.6. The van der Waals surface area contributed by atoms with E-state index in [0.717, 1.165) is 50.4 Å². The summed E-state index contributed by atoms with van der Waals surface area (Å²) in [4.78, 5) is 45.0. The number of rotatable bonds is 10. The largest absolute Gasteiger partial charge is 0.352 e. The van der Waals surface area contributed by atoms with Gasteiger partial charge in [-0.3, -0.25) is 14.6 Å². The van der Waals surface area contributed by atoms with Gasteiger partial charge in [-0.1, -0.05) is 70.0 Å². The van der Waals surface area contributed by atoms with Gasteiger partial charge >= 0.3 is 0 Å². The zero-order chi connectivity index (χ0) is 30.7. The van der Waals surface area contributed by atoms with Crippen molar-refractivity contribution in [2.75, 3.05) is 6.54 Å². The van der Waals surface area contributed by atoms with Crippen LogP contribution in [0.4, 0.5) is 0 Å². The Morgan fingerprint density at radius 3 is 2.24 bits per heavy atom. The van der Waals surface area contributed by atoms with Crippen molar-refractivity contribution in [2.24, 2.45) is 22.2 Å². The van der Waals surface area contributed by atoms with Crippen LogP contribution in [0.5, 0.6) is 0 Å². The number of halogens is 2. The van der Waals surface area contributed by atoms with Crippen LogP contribution < -0.4 is 5.32 Å². The van der Waals surface area contributed by atoms with E-state index < -0.39 is 5.66 Å². The van der Waals surface area contributed by atoms with Gasteiger partial charge in [0.05, 0.1) is 6.04 Å². The second kappa shape index (κ2) is 13.3. The van der Waals surface area contributed by atoms with Crippen LogP contribution in [0.1, 0.15) is 107 Å². The minimum Gasteiger partial charge on any atom is -0.352 e. The molecule has 1 saturated carbocycles. The molecule has 1 fully saturated rings. The fourth-order valence-electron chi connectivity index (χ4n) is 6.36. The summed E-state index contributed by atoms with van der Waals surface area (Å²) in [7, 11) is 0. The average Bonchev–Trinajstić information content (AvgIpc) is 3.19. The van der Waals surface area contributed by atoms with Crippen LogP contribution in [-0.2, 0) is 9.59 Å². The number of amides is 2. The molecule has 0 bridgehead atoms. The molecular formula is C34H43Cl2N3O3. The van der Waals surface area contributed by atoms with E-state index in [1.165, 1.54) is 0 Å². The van der Waals surface area contributed by atoms with Crippen LogP contribution in [0.3, 0.4) is 0 Å². The van der Waals surface area contributed by atoms with Crippen LogP contribution in [0, 0.1) is 17.3 Å². The summed E-state index contributed by atoms with van der Waals surface area (Å²) in [6, 6.07) is 12.5. The van der Waals surface area contributed by atoms with E-state index >= 15 is 0 Å². The maximum Gasteiger partial charge on any atom is 0.275 e. The highest BCUT2D eigenvalue weighted by Gasteiger charge is 2.52. The van der Waals surface area contributed by atoms with Crippen molar-refractivity contribution in [1.82, 2.24) is 10.2 Å². The Kier molecular flexibility index (Phi) is 10.2. The third-order valence-corrected chi connectivity index (χ3v) is 9.21. The third-order valence-electron chi connectivity index (χ3n) is 8.77. The normalized spacial score (nSPS) is 21.5. The lowest BCUT2D eigenvalue weighted by molar-refractivity contribution is -0.134. The summed E-state index contributed by atoms with van der Waals surface area (Å²) in [5.74, 6) is 0.672. The maximum atomic E-state index is 14.5. The fraction of sp³-hybridized carbons (Fsp3) is 0.529. The standard InChI is InChI=1S/C34H43Cl2N3O3/c1-22(2)7-12-29(23-8-10-24(11-9-23)31(41)37-17-6-18-40)39-32(42)30(25-19-27(35)21-28(36)20-25)38-34(39)15-13-26(14-16-34)33(3,4)5/h8-11,18-22,26,29H,6-7,12-17H2,1-5H3,(H,37,41).